The number of nitrogens with one attached hydrogen (secondary N) is 3. The third-order valence-corrected chi connectivity index (χ3v) is 6.37. The number of nitrogens with zero attached hydrogens (tertiary/aromatic N) is 1. The zero-order valence-corrected chi connectivity index (χ0v) is 17.2. The summed E-state index contributed by atoms with van der Waals surface area (Å²) in [5.41, 5.74) is 2.49. The highest BCUT2D eigenvalue weighted by atomic mass is 32.1. The minimum atomic E-state index is -0.114. The van der Waals surface area contributed by atoms with Crippen molar-refractivity contribution >= 4 is 44.7 Å². The van der Waals surface area contributed by atoms with Gasteiger partial charge in [-0.3, -0.25) is 9.59 Å². The molecule has 0 bridgehead atoms. The van der Waals surface area contributed by atoms with Gasteiger partial charge in [0.05, 0.1) is 16.8 Å². The number of carbonyl (C=O) groups is 2. The van der Waals surface area contributed by atoms with Gasteiger partial charge in [0.25, 0.3) is 5.91 Å². The second kappa shape index (κ2) is 8.71. The number of fused-ring (bicyclic) bond motifs is 1. The summed E-state index contributed by atoms with van der Waals surface area (Å²) in [5, 5.41) is 6.84. The van der Waals surface area contributed by atoms with Crippen LogP contribution in [0.1, 0.15) is 37.2 Å². The van der Waals surface area contributed by atoms with Crippen LogP contribution in [0.5, 0.6) is 0 Å². The van der Waals surface area contributed by atoms with E-state index in [2.05, 4.69) is 22.8 Å². The Morgan fingerprint density at radius 3 is 2.52 bits per heavy atom. The van der Waals surface area contributed by atoms with Crippen LogP contribution in [0.25, 0.3) is 10.2 Å². The van der Waals surface area contributed by atoms with E-state index in [1.165, 1.54) is 22.9 Å². The molecule has 1 fully saturated rings. The number of hydrogen-bond donors (Lipinski definition) is 3. The molecule has 29 heavy (non-hydrogen) atoms. The lowest BCUT2D eigenvalue weighted by Gasteiger charge is -2.30. The maximum atomic E-state index is 12.7. The zero-order valence-electron chi connectivity index (χ0n) is 16.4. The topological polar surface area (TPSA) is 75.5 Å². The van der Waals surface area contributed by atoms with Crippen LogP contribution < -0.4 is 15.5 Å². The van der Waals surface area contributed by atoms with Gasteiger partial charge >= 0.3 is 0 Å². The molecule has 6 nitrogen and oxygen atoms in total. The molecule has 1 aromatic heterocycles. The molecular formula is C22H25N4O2S+. The third kappa shape index (κ3) is 4.81. The molecule has 2 amide bonds. The maximum Gasteiger partial charge on any atom is 0.279 e. The molecule has 3 N–H and O–H groups in total. The van der Waals surface area contributed by atoms with Crippen molar-refractivity contribution in [2.45, 2.75) is 32.2 Å². The lowest BCUT2D eigenvalue weighted by molar-refractivity contribution is -0.929. The first-order valence-corrected chi connectivity index (χ1v) is 10.8. The van der Waals surface area contributed by atoms with Crippen molar-refractivity contribution in [3.8, 4) is 0 Å². The third-order valence-electron chi connectivity index (χ3n) is 5.22. The molecular weight excluding hydrogens is 384 g/mol. The molecule has 7 heteroatoms. The molecule has 0 spiro atoms. The fraction of sp³-hybridized carbons (Fsp3) is 0.318. The Morgan fingerprint density at radius 1 is 1.07 bits per heavy atom. The predicted octanol–water partition coefficient (Wildman–Crippen LogP) is 3.00. The minimum absolute atomic E-state index is 0.000267. The molecule has 4 rings (SSSR count). The number of anilines is 2. The standard InChI is InChI=1S/C22H24N4O2S/c1-15(27)23-16-9-11-17(12-10-16)24-21(28)14-26-13-5-4-7-19(26)22-25-18-6-2-3-8-20(18)29-22/h2-3,6,8-12,19H,4-5,7,13-14H2,1H3,(H,23,27)(H,24,28)/p+1/t19-/m1/s1. The molecule has 0 saturated carbocycles. The molecule has 2 heterocycles. The van der Waals surface area contributed by atoms with Gasteiger partial charge in [-0.05, 0) is 49.2 Å². The Balaban J connectivity index is 1.42. The summed E-state index contributed by atoms with van der Waals surface area (Å²) in [4.78, 5) is 29.9. The maximum absolute atomic E-state index is 12.7. The van der Waals surface area contributed by atoms with Gasteiger partial charge in [0, 0.05) is 24.7 Å². The highest BCUT2D eigenvalue weighted by Crippen LogP contribution is 2.28. The van der Waals surface area contributed by atoms with Gasteiger partial charge in [0.15, 0.2) is 11.6 Å². The van der Waals surface area contributed by atoms with Gasteiger partial charge < -0.3 is 15.5 Å². The summed E-state index contributed by atoms with van der Waals surface area (Å²) >= 11 is 1.75. The van der Waals surface area contributed by atoms with Crippen LogP contribution >= 0.6 is 11.3 Å². The number of para-hydroxylation sites is 1. The number of carbonyl (C=O) groups excluding carboxylic acids is 2. The van der Waals surface area contributed by atoms with Crippen molar-refractivity contribution < 1.29 is 14.5 Å². The van der Waals surface area contributed by atoms with Gasteiger partial charge in [-0.15, -0.1) is 11.3 Å². The van der Waals surface area contributed by atoms with Crippen molar-refractivity contribution in [3.63, 3.8) is 0 Å². The average Bonchev–Trinajstić information content (AvgIpc) is 3.13. The second-order valence-corrected chi connectivity index (χ2v) is 8.52. The number of hydrogen-bond acceptors (Lipinski definition) is 4. The largest absolute Gasteiger partial charge is 0.326 e. The van der Waals surface area contributed by atoms with Crippen molar-refractivity contribution in [1.29, 1.82) is 0 Å². The number of quaternary nitrogens is 1. The molecule has 0 radical (unpaired) electrons. The normalized spacial score (nSPS) is 19.1. The first-order chi connectivity index (χ1) is 14.1. The van der Waals surface area contributed by atoms with Gasteiger partial charge in [0.2, 0.25) is 5.91 Å². The van der Waals surface area contributed by atoms with Crippen molar-refractivity contribution in [2.75, 3.05) is 23.7 Å². The first kappa shape index (κ1) is 19.5. The summed E-state index contributed by atoms with van der Waals surface area (Å²) in [6.45, 7) is 2.88. The van der Waals surface area contributed by atoms with Crippen molar-refractivity contribution in [1.82, 2.24) is 4.98 Å². The smallest absolute Gasteiger partial charge is 0.279 e. The fourth-order valence-corrected chi connectivity index (χ4v) is 5.04. The van der Waals surface area contributed by atoms with Gasteiger partial charge in [-0.1, -0.05) is 12.1 Å². The van der Waals surface area contributed by atoms with Crippen molar-refractivity contribution in [2.24, 2.45) is 0 Å². The van der Waals surface area contributed by atoms with E-state index in [4.69, 9.17) is 4.98 Å². The van der Waals surface area contributed by atoms with Crippen LogP contribution in [0.4, 0.5) is 11.4 Å². The van der Waals surface area contributed by atoms with Gasteiger partial charge in [0.1, 0.15) is 6.04 Å². The average molecular weight is 410 g/mol. The highest BCUT2D eigenvalue weighted by Gasteiger charge is 2.31. The SMILES string of the molecule is CC(=O)Nc1ccc(NC(=O)C[NH+]2CCCC[C@@H]2c2nc3ccccc3s2)cc1. The quantitative estimate of drug-likeness (QED) is 0.606. The number of thiazole rings is 1. The lowest BCUT2D eigenvalue weighted by Crippen LogP contribution is -3.14. The molecule has 3 aromatic rings. The summed E-state index contributed by atoms with van der Waals surface area (Å²) < 4.78 is 1.20. The zero-order chi connectivity index (χ0) is 20.2. The van der Waals surface area contributed by atoms with E-state index >= 15 is 0 Å². The fourth-order valence-electron chi connectivity index (χ4n) is 3.88. The molecule has 1 saturated heterocycles. The lowest BCUT2D eigenvalue weighted by atomic mass is 10.0. The first-order valence-electron chi connectivity index (χ1n) is 9.96. The summed E-state index contributed by atoms with van der Waals surface area (Å²) in [5.74, 6) is -0.114. The van der Waals surface area contributed by atoms with E-state index < -0.39 is 0 Å². The number of likely N-dealkylation sites (tertiary alicyclic amines) is 1. The number of aromatic nitrogens is 1. The van der Waals surface area contributed by atoms with E-state index in [0.29, 0.717) is 12.2 Å². The van der Waals surface area contributed by atoms with Gasteiger partial charge in [-0.25, -0.2) is 4.98 Å². The summed E-state index contributed by atoms with van der Waals surface area (Å²) in [6.07, 6.45) is 3.37. The number of amides is 2. The van der Waals surface area contributed by atoms with Crippen LogP contribution in [0.2, 0.25) is 0 Å². The number of benzene rings is 2. The van der Waals surface area contributed by atoms with Crippen molar-refractivity contribution in [3.05, 3.63) is 53.5 Å². The van der Waals surface area contributed by atoms with E-state index in [1.807, 2.05) is 12.1 Å². The Kier molecular flexibility index (Phi) is 5.87. The number of piperidine rings is 1. The highest BCUT2D eigenvalue weighted by molar-refractivity contribution is 7.18. The number of rotatable bonds is 5. The van der Waals surface area contributed by atoms with E-state index in [1.54, 1.807) is 35.6 Å². The molecule has 2 atom stereocenters. The van der Waals surface area contributed by atoms with Crippen LogP contribution in [-0.2, 0) is 9.59 Å². The summed E-state index contributed by atoms with van der Waals surface area (Å²) in [6, 6.07) is 15.7. The molecule has 1 aliphatic heterocycles. The Bertz CT molecular complexity index is 982. The van der Waals surface area contributed by atoms with Crippen LogP contribution in [0.15, 0.2) is 48.5 Å². The summed E-state index contributed by atoms with van der Waals surface area (Å²) in [7, 11) is 0. The van der Waals surface area contributed by atoms with Crippen LogP contribution in [0.3, 0.4) is 0 Å². The molecule has 1 aliphatic rings. The minimum Gasteiger partial charge on any atom is -0.326 e. The van der Waals surface area contributed by atoms with Crippen LogP contribution in [-0.4, -0.2) is 29.9 Å². The molecule has 150 valence electrons. The second-order valence-electron chi connectivity index (χ2n) is 7.46. The van der Waals surface area contributed by atoms with E-state index in [0.717, 1.165) is 35.6 Å². The molecule has 0 aliphatic carbocycles. The Labute approximate surface area is 173 Å². The Hall–Kier alpha value is -2.77. The van der Waals surface area contributed by atoms with E-state index in [-0.39, 0.29) is 17.9 Å². The van der Waals surface area contributed by atoms with E-state index in [9.17, 15) is 9.59 Å². The van der Waals surface area contributed by atoms with Gasteiger partial charge in [-0.2, -0.15) is 0 Å². The Morgan fingerprint density at radius 2 is 1.79 bits per heavy atom. The van der Waals surface area contributed by atoms with Crippen LogP contribution in [0, 0.1) is 0 Å². The predicted molar refractivity (Wildman–Crippen MR) is 116 cm³/mol. The monoisotopic (exact) mass is 409 g/mol. The molecule has 1 unspecified atom stereocenters. The molecule has 2 aromatic carbocycles.